The maximum absolute atomic E-state index is 8.81. The Bertz CT molecular complexity index is 514. The molecule has 1 aromatic heterocycles. The molecule has 4 aliphatic carbocycles. The number of nitrogens with two attached hydrogens (primary N) is 1. The second kappa shape index (κ2) is 4.21. The van der Waals surface area contributed by atoms with Crippen molar-refractivity contribution in [1.82, 2.24) is 4.98 Å². The minimum Gasteiger partial charge on any atom is -0.389 e. The summed E-state index contributed by atoms with van der Waals surface area (Å²) in [7, 11) is 0. The number of rotatable bonds is 2. The molecule has 0 spiro atoms. The van der Waals surface area contributed by atoms with Crippen LogP contribution in [-0.2, 0) is 6.42 Å². The van der Waals surface area contributed by atoms with Gasteiger partial charge in [-0.25, -0.2) is 4.98 Å². The highest BCUT2D eigenvalue weighted by molar-refractivity contribution is 7.15. The average molecular weight is 273 g/mol. The lowest BCUT2D eigenvalue weighted by molar-refractivity contribution is -0.00376. The van der Waals surface area contributed by atoms with Crippen LogP contribution in [0.5, 0.6) is 0 Å². The second-order valence-corrected chi connectivity index (χ2v) is 7.76. The lowest BCUT2D eigenvalue weighted by atomic mass is 9.51. The summed E-state index contributed by atoms with van der Waals surface area (Å²) in [6.45, 7) is 0. The van der Waals surface area contributed by atoms with Crippen molar-refractivity contribution in [2.75, 3.05) is 5.73 Å². The predicted octanol–water partition coefficient (Wildman–Crippen LogP) is 3.33. The van der Waals surface area contributed by atoms with Crippen LogP contribution in [0.1, 0.15) is 48.7 Å². The number of anilines is 1. The van der Waals surface area contributed by atoms with Gasteiger partial charge < -0.3 is 5.73 Å². The van der Waals surface area contributed by atoms with Gasteiger partial charge in [0.05, 0.1) is 18.2 Å². The quantitative estimate of drug-likeness (QED) is 0.899. The van der Waals surface area contributed by atoms with E-state index in [0.29, 0.717) is 12.3 Å². The predicted molar refractivity (Wildman–Crippen MR) is 75.6 cm³/mol. The fraction of sp³-hybridized carbons (Fsp3) is 0.733. The summed E-state index contributed by atoms with van der Waals surface area (Å²) in [6, 6.07) is 2.18. The van der Waals surface area contributed by atoms with Crippen LogP contribution in [0.3, 0.4) is 0 Å². The van der Waals surface area contributed by atoms with Gasteiger partial charge in [0, 0.05) is 5.92 Å². The molecule has 4 heteroatoms. The fourth-order valence-corrected chi connectivity index (χ4v) is 5.97. The number of hydrogen-bond donors (Lipinski definition) is 1. The zero-order valence-electron chi connectivity index (χ0n) is 11.0. The highest BCUT2D eigenvalue weighted by atomic mass is 32.1. The first-order valence-corrected chi connectivity index (χ1v) is 8.18. The molecule has 4 saturated carbocycles. The molecular weight excluding hydrogens is 254 g/mol. The SMILES string of the molecule is N#CCc1nc(C2C3CC4CC(C3)CC2C4)c(N)s1. The van der Waals surface area contributed by atoms with Gasteiger partial charge in [-0.3, -0.25) is 0 Å². The molecule has 0 saturated heterocycles. The standard InChI is InChI=1S/C15H19N3S/c16-2-1-12-18-14(15(17)19-12)13-10-4-8-3-9(6-10)7-11(13)5-8/h8-11,13H,1,3-7,17H2. The van der Waals surface area contributed by atoms with Gasteiger partial charge in [-0.2, -0.15) is 5.26 Å². The van der Waals surface area contributed by atoms with Crippen molar-refractivity contribution < 1.29 is 0 Å². The monoisotopic (exact) mass is 273 g/mol. The van der Waals surface area contributed by atoms with Crippen LogP contribution in [0.15, 0.2) is 0 Å². The van der Waals surface area contributed by atoms with Crippen molar-refractivity contribution in [3.8, 4) is 6.07 Å². The molecule has 4 fully saturated rings. The summed E-state index contributed by atoms with van der Waals surface area (Å²) in [6.07, 6.45) is 7.45. The Hall–Kier alpha value is -1.08. The van der Waals surface area contributed by atoms with Crippen molar-refractivity contribution >= 4 is 16.3 Å². The van der Waals surface area contributed by atoms with Gasteiger partial charge >= 0.3 is 0 Å². The molecule has 19 heavy (non-hydrogen) atoms. The van der Waals surface area contributed by atoms with Crippen LogP contribution in [-0.4, -0.2) is 4.98 Å². The van der Waals surface area contributed by atoms with Gasteiger partial charge in [0.2, 0.25) is 0 Å². The molecule has 0 aliphatic heterocycles. The molecule has 4 aliphatic rings. The maximum atomic E-state index is 8.81. The largest absolute Gasteiger partial charge is 0.389 e. The number of nitriles is 1. The summed E-state index contributed by atoms with van der Waals surface area (Å²) >= 11 is 1.53. The van der Waals surface area contributed by atoms with E-state index >= 15 is 0 Å². The lowest BCUT2D eigenvalue weighted by Crippen LogP contribution is -2.44. The smallest absolute Gasteiger partial charge is 0.110 e. The van der Waals surface area contributed by atoms with E-state index in [1.54, 1.807) is 0 Å². The lowest BCUT2D eigenvalue weighted by Gasteiger charge is -2.54. The van der Waals surface area contributed by atoms with Crippen LogP contribution in [0.2, 0.25) is 0 Å². The van der Waals surface area contributed by atoms with Crippen LogP contribution in [0, 0.1) is 35.0 Å². The van der Waals surface area contributed by atoms with Crippen LogP contribution in [0.4, 0.5) is 5.00 Å². The highest BCUT2D eigenvalue weighted by Crippen LogP contribution is 2.60. The van der Waals surface area contributed by atoms with Gasteiger partial charge in [0.25, 0.3) is 0 Å². The van der Waals surface area contributed by atoms with Crippen molar-refractivity contribution in [1.29, 1.82) is 5.26 Å². The van der Waals surface area contributed by atoms with E-state index < -0.39 is 0 Å². The average Bonchev–Trinajstić information content (AvgIpc) is 2.69. The van der Waals surface area contributed by atoms with Crippen LogP contribution < -0.4 is 5.73 Å². The second-order valence-electron chi connectivity index (χ2n) is 6.65. The first-order chi connectivity index (χ1) is 9.24. The molecule has 100 valence electrons. The molecular formula is C15H19N3S. The van der Waals surface area contributed by atoms with Gasteiger partial charge in [-0.05, 0) is 55.8 Å². The van der Waals surface area contributed by atoms with E-state index in [-0.39, 0.29) is 0 Å². The van der Waals surface area contributed by atoms with E-state index in [2.05, 4.69) is 6.07 Å². The Morgan fingerprint density at radius 2 is 1.79 bits per heavy atom. The number of nitrogens with zero attached hydrogens (tertiary/aromatic N) is 2. The molecule has 2 N–H and O–H groups in total. The van der Waals surface area contributed by atoms with E-state index in [1.165, 1.54) is 43.4 Å². The molecule has 5 rings (SSSR count). The molecule has 0 unspecified atom stereocenters. The molecule has 1 heterocycles. The molecule has 4 bridgehead atoms. The Morgan fingerprint density at radius 3 is 2.37 bits per heavy atom. The van der Waals surface area contributed by atoms with E-state index in [4.69, 9.17) is 16.0 Å². The third-order valence-electron chi connectivity index (χ3n) is 5.50. The Balaban J connectivity index is 1.67. The molecule has 0 amide bonds. The summed E-state index contributed by atoms with van der Waals surface area (Å²) in [5, 5.41) is 10.6. The summed E-state index contributed by atoms with van der Waals surface area (Å²) in [5.41, 5.74) is 7.34. The summed E-state index contributed by atoms with van der Waals surface area (Å²) in [4.78, 5) is 4.72. The fourth-order valence-electron chi connectivity index (χ4n) is 5.15. The minimum absolute atomic E-state index is 0.405. The number of aromatic nitrogens is 1. The van der Waals surface area contributed by atoms with Crippen molar-refractivity contribution in [2.24, 2.45) is 23.7 Å². The van der Waals surface area contributed by atoms with Crippen LogP contribution >= 0.6 is 11.3 Å². The van der Waals surface area contributed by atoms with Gasteiger partial charge in [0.1, 0.15) is 10.0 Å². The zero-order chi connectivity index (χ0) is 13.0. The number of hydrogen-bond acceptors (Lipinski definition) is 4. The third-order valence-corrected chi connectivity index (χ3v) is 6.40. The summed E-state index contributed by atoms with van der Waals surface area (Å²) in [5.74, 6) is 4.19. The molecule has 3 nitrogen and oxygen atoms in total. The third kappa shape index (κ3) is 1.79. The molecule has 1 aromatic rings. The molecule has 0 aromatic carbocycles. The Labute approximate surface area is 117 Å². The van der Waals surface area contributed by atoms with Crippen molar-refractivity contribution in [2.45, 2.75) is 44.4 Å². The van der Waals surface area contributed by atoms with Gasteiger partial charge in [-0.15, -0.1) is 11.3 Å². The zero-order valence-corrected chi connectivity index (χ0v) is 11.8. The molecule has 0 atom stereocenters. The normalized spacial score (nSPS) is 39.4. The summed E-state index contributed by atoms with van der Waals surface area (Å²) < 4.78 is 0. The van der Waals surface area contributed by atoms with E-state index in [0.717, 1.165) is 39.4 Å². The first-order valence-electron chi connectivity index (χ1n) is 7.36. The van der Waals surface area contributed by atoms with E-state index in [9.17, 15) is 0 Å². The first kappa shape index (κ1) is 11.7. The van der Waals surface area contributed by atoms with Crippen molar-refractivity contribution in [3.05, 3.63) is 10.7 Å². The van der Waals surface area contributed by atoms with Crippen LogP contribution in [0.25, 0.3) is 0 Å². The van der Waals surface area contributed by atoms with Gasteiger partial charge in [0.15, 0.2) is 0 Å². The maximum Gasteiger partial charge on any atom is 0.110 e. The highest BCUT2D eigenvalue weighted by Gasteiger charge is 2.49. The molecule has 0 radical (unpaired) electrons. The van der Waals surface area contributed by atoms with Gasteiger partial charge in [-0.1, -0.05) is 0 Å². The number of nitrogen functional groups attached to an aromatic ring is 1. The topological polar surface area (TPSA) is 62.7 Å². The Kier molecular flexibility index (Phi) is 2.60. The minimum atomic E-state index is 0.405. The van der Waals surface area contributed by atoms with Crippen molar-refractivity contribution in [3.63, 3.8) is 0 Å². The Morgan fingerprint density at radius 1 is 1.16 bits per heavy atom. The van der Waals surface area contributed by atoms with E-state index in [1.807, 2.05) is 0 Å². The number of thiazole rings is 1.